The molecule has 0 saturated carbocycles. The second-order valence-electron chi connectivity index (χ2n) is 6.67. The van der Waals surface area contributed by atoms with Crippen molar-refractivity contribution in [1.29, 1.82) is 0 Å². The van der Waals surface area contributed by atoms with Crippen molar-refractivity contribution in [2.24, 2.45) is 0 Å². The minimum Gasteiger partial charge on any atom is -0.463 e. The molecule has 4 rings (SSSR count). The fourth-order valence-corrected chi connectivity index (χ4v) is 3.12. The lowest BCUT2D eigenvalue weighted by atomic mass is 10.1. The van der Waals surface area contributed by atoms with Crippen molar-refractivity contribution in [2.75, 3.05) is 5.32 Å². The quantitative estimate of drug-likeness (QED) is 0.536. The Morgan fingerprint density at radius 3 is 2.56 bits per heavy atom. The minimum absolute atomic E-state index is 0.216. The van der Waals surface area contributed by atoms with Crippen molar-refractivity contribution < 1.29 is 13.6 Å². The summed E-state index contributed by atoms with van der Waals surface area (Å²) in [6.07, 6.45) is 1.59. The maximum absolute atomic E-state index is 13.2. The van der Waals surface area contributed by atoms with Gasteiger partial charge in [-0.15, -0.1) is 0 Å². The lowest BCUT2D eigenvalue weighted by molar-refractivity contribution is 0.101. The highest BCUT2D eigenvalue weighted by Crippen LogP contribution is 2.24. The highest BCUT2D eigenvalue weighted by Gasteiger charge is 2.18. The number of rotatable bonds is 4. The van der Waals surface area contributed by atoms with Gasteiger partial charge in [0.15, 0.2) is 5.58 Å². The number of aromatic nitrogens is 1. The Kier molecular flexibility index (Phi) is 4.28. The van der Waals surface area contributed by atoms with Crippen LogP contribution in [-0.2, 0) is 6.54 Å². The highest BCUT2D eigenvalue weighted by atomic mass is 19.1. The van der Waals surface area contributed by atoms with Crippen molar-refractivity contribution in [1.82, 2.24) is 4.57 Å². The Bertz CT molecular complexity index is 1120. The first kappa shape index (κ1) is 17.1. The summed E-state index contributed by atoms with van der Waals surface area (Å²) < 4.78 is 20.5. The van der Waals surface area contributed by atoms with Gasteiger partial charge in [0.1, 0.15) is 11.5 Å². The number of hydrogen-bond acceptors (Lipinski definition) is 2. The molecule has 1 N–H and O–H groups in total. The maximum atomic E-state index is 13.2. The van der Waals surface area contributed by atoms with Gasteiger partial charge in [-0.2, -0.15) is 0 Å². The molecule has 0 aliphatic carbocycles. The van der Waals surface area contributed by atoms with Gasteiger partial charge in [-0.05, 0) is 54.8 Å². The third kappa shape index (κ3) is 3.36. The highest BCUT2D eigenvalue weighted by molar-refractivity contribution is 6.05. The molecule has 0 atom stereocenters. The summed E-state index contributed by atoms with van der Waals surface area (Å²) in [6.45, 7) is 4.48. The normalized spacial score (nSPS) is 11.1. The summed E-state index contributed by atoms with van der Waals surface area (Å²) in [5.74, 6) is -0.501. The van der Waals surface area contributed by atoms with E-state index < -0.39 is 0 Å². The molecule has 0 aliphatic heterocycles. The predicted octanol–water partition coefficient (Wildman–Crippen LogP) is 5.29. The summed E-state index contributed by atoms with van der Waals surface area (Å²) >= 11 is 0. The topological polar surface area (TPSA) is 47.2 Å². The van der Waals surface area contributed by atoms with Gasteiger partial charge in [0.2, 0.25) is 0 Å². The van der Waals surface area contributed by atoms with Crippen LogP contribution in [0.2, 0.25) is 0 Å². The van der Waals surface area contributed by atoms with Crippen LogP contribution in [0.15, 0.2) is 65.3 Å². The van der Waals surface area contributed by atoms with Gasteiger partial charge in [0, 0.05) is 24.4 Å². The van der Waals surface area contributed by atoms with Crippen LogP contribution in [0.25, 0.3) is 11.1 Å². The van der Waals surface area contributed by atoms with Crippen LogP contribution in [0.1, 0.15) is 27.2 Å². The Morgan fingerprint density at radius 2 is 1.81 bits per heavy atom. The van der Waals surface area contributed by atoms with Gasteiger partial charge in [0.25, 0.3) is 5.91 Å². The van der Waals surface area contributed by atoms with Gasteiger partial charge < -0.3 is 14.3 Å². The van der Waals surface area contributed by atoms with Gasteiger partial charge in [0.05, 0.1) is 11.8 Å². The van der Waals surface area contributed by atoms with Gasteiger partial charge in [-0.25, -0.2) is 4.39 Å². The number of hydrogen-bond donors (Lipinski definition) is 1. The summed E-state index contributed by atoms with van der Waals surface area (Å²) in [6, 6.07) is 15.6. The van der Waals surface area contributed by atoms with Crippen molar-refractivity contribution >= 4 is 22.7 Å². The van der Waals surface area contributed by atoms with Crippen LogP contribution in [0.5, 0.6) is 0 Å². The molecule has 0 spiro atoms. The van der Waals surface area contributed by atoms with Crippen LogP contribution >= 0.6 is 0 Å². The molecule has 4 nitrogen and oxygen atoms in total. The number of nitrogens with zero attached hydrogens (tertiary/aromatic N) is 1. The SMILES string of the molecule is Cc1ccc(NC(=O)c2cc3occc3n2Cc2ccc(F)cc2)cc1C. The van der Waals surface area contributed by atoms with Crippen LogP contribution in [0, 0.1) is 19.7 Å². The van der Waals surface area contributed by atoms with E-state index in [4.69, 9.17) is 4.42 Å². The van der Waals surface area contributed by atoms with E-state index in [0.717, 1.165) is 22.3 Å². The van der Waals surface area contributed by atoms with Crippen molar-refractivity contribution in [3.63, 3.8) is 0 Å². The van der Waals surface area contributed by atoms with E-state index in [1.54, 1.807) is 24.5 Å². The molecule has 5 heteroatoms. The molecule has 27 heavy (non-hydrogen) atoms. The molecular weight excluding hydrogens is 343 g/mol. The molecular formula is C22H19FN2O2. The summed E-state index contributed by atoms with van der Waals surface area (Å²) in [7, 11) is 0. The fourth-order valence-electron chi connectivity index (χ4n) is 3.12. The molecule has 0 radical (unpaired) electrons. The van der Waals surface area contributed by atoms with E-state index in [9.17, 15) is 9.18 Å². The number of carbonyl (C=O) groups excluding carboxylic acids is 1. The zero-order chi connectivity index (χ0) is 19.0. The Labute approximate surface area is 156 Å². The zero-order valence-corrected chi connectivity index (χ0v) is 15.1. The number of amides is 1. The maximum Gasteiger partial charge on any atom is 0.272 e. The number of carbonyl (C=O) groups is 1. The van der Waals surface area contributed by atoms with Crippen LogP contribution < -0.4 is 5.32 Å². The molecule has 136 valence electrons. The third-order valence-electron chi connectivity index (χ3n) is 4.77. The fraction of sp³-hybridized carbons (Fsp3) is 0.136. The van der Waals surface area contributed by atoms with Crippen molar-refractivity contribution in [2.45, 2.75) is 20.4 Å². The number of anilines is 1. The molecule has 2 aromatic heterocycles. The first-order chi connectivity index (χ1) is 13.0. The lowest BCUT2D eigenvalue weighted by Crippen LogP contribution is -2.17. The first-order valence-corrected chi connectivity index (χ1v) is 8.71. The molecule has 4 aromatic rings. The Balaban J connectivity index is 1.68. The predicted molar refractivity (Wildman–Crippen MR) is 104 cm³/mol. The first-order valence-electron chi connectivity index (χ1n) is 8.71. The van der Waals surface area contributed by atoms with Gasteiger partial charge >= 0.3 is 0 Å². The van der Waals surface area contributed by atoms with Crippen LogP contribution in [0.3, 0.4) is 0 Å². The number of fused-ring (bicyclic) bond motifs is 1. The molecule has 2 aromatic carbocycles. The molecule has 0 bridgehead atoms. The zero-order valence-electron chi connectivity index (χ0n) is 15.1. The van der Waals surface area contributed by atoms with E-state index >= 15 is 0 Å². The standard InChI is InChI=1S/C22H19FN2O2/c1-14-3-8-18(11-15(14)2)24-22(26)20-12-21-19(9-10-27-21)25(20)13-16-4-6-17(23)7-5-16/h3-12H,13H2,1-2H3,(H,24,26). The summed E-state index contributed by atoms with van der Waals surface area (Å²) in [4.78, 5) is 12.9. The average Bonchev–Trinajstić information content (AvgIpc) is 3.23. The summed E-state index contributed by atoms with van der Waals surface area (Å²) in [5.41, 5.74) is 5.89. The number of aryl methyl sites for hydroxylation is 2. The third-order valence-corrected chi connectivity index (χ3v) is 4.77. The summed E-state index contributed by atoms with van der Waals surface area (Å²) in [5, 5.41) is 2.95. The van der Waals surface area contributed by atoms with Crippen molar-refractivity contribution in [3.8, 4) is 0 Å². The van der Waals surface area contributed by atoms with E-state index in [1.807, 2.05) is 42.7 Å². The molecule has 0 unspecified atom stereocenters. The largest absolute Gasteiger partial charge is 0.463 e. The monoisotopic (exact) mass is 362 g/mol. The van der Waals surface area contributed by atoms with Crippen LogP contribution in [0.4, 0.5) is 10.1 Å². The molecule has 0 fully saturated rings. The molecule has 0 aliphatic rings. The molecule has 0 saturated heterocycles. The Morgan fingerprint density at radius 1 is 1.04 bits per heavy atom. The van der Waals surface area contributed by atoms with Gasteiger partial charge in [-0.1, -0.05) is 18.2 Å². The Hall–Kier alpha value is -3.34. The number of nitrogens with one attached hydrogen (secondary N) is 1. The average molecular weight is 362 g/mol. The van der Waals surface area contributed by atoms with Crippen LogP contribution in [-0.4, -0.2) is 10.5 Å². The number of halogens is 1. The van der Waals surface area contributed by atoms with E-state index in [0.29, 0.717) is 17.8 Å². The van der Waals surface area contributed by atoms with E-state index in [2.05, 4.69) is 5.32 Å². The van der Waals surface area contributed by atoms with Gasteiger partial charge in [-0.3, -0.25) is 4.79 Å². The lowest BCUT2D eigenvalue weighted by Gasteiger charge is -2.12. The smallest absolute Gasteiger partial charge is 0.272 e. The minimum atomic E-state index is -0.285. The van der Waals surface area contributed by atoms with E-state index in [-0.39, 0.29) is 11.7 Å². The van der Waals surface area contributed by atoms with Crippen molar-refractivity contribution in [3.05, 3.63) is 89.1 Å². The van der Waals surface area contributed by atoms with E-state index in [1.165, 1.54) is 17.7 Å². The second kappa shape index (κ2) is 6.76. The number of benzene rings is 2. The number of furan rings is 1. The molecule has 2 heterocycles. The molecule has 1 amide bonds. The second-order valence-corrected chi connectivity index (χ2v) is 6.67.